The van der Waals surface area contributed by atoms with Crippen molar-refractivity contribution in [3.05, 3.63) is 0 Å². The van der Waals surface area contributed by atoms with Gasteiger partial charge in [0.1, 0.15) is 5.60 Å². The lowest BCUT2D eigenvalue weighted by molar-refractivity contribution is -0.155. The van der Waals surface area contributed by atoms with Crippen LogP contribution >= 0.6 is 0 Å². The highest BCUT2D eigenvalue weighted by molar-refractivity contribution is 5.72. The van der Waals surface area contributed by atoms with E-state index in [-0.39, 0.29) is 12.1 Å². The monoisotopic (exact) mass is 241 g/mol. The summed E-state index contributed by atoms with van der Waals surface area (Å²) in [5, 5.41) is 9.79. The smallest absolute Gasteiger partial charge is 0.320 e. The van der Waals surface area contributed by atoms with Crippen LogP contribution in [-0.2, 0) is 9.53 Å². The van der Waals surface area contributed by atoms with E-state index in [1.54, 1.807) is 0 Å². The van der Waals surface area contributed by atoms with Gasteiger partial charge in [-0.05, 0) is 39.5 Å². The summed E-state index contributed by atoms with van der Waals surface area (Å²) in [6, 6.07) is 0. The number of likely N-dealkylation sites (tertiary alicyclic amines) is 1. The van der Waals surface area contributed by atoms with Crippen LogP contribution in [0.2, 0.25) is 0 Å². The zero-order valence-corrected chi connectivity index (χ0v) is 11.0. The average molecular weight is 241 g/mol. The summed E-state index contributed by atoms with van der Waals surface area (Å²) in [6.45, 7) is 7.77. The number of aliphatic hydroxyl groups is 1. The van der Waals surface area contributed by atoms with Crippen molar-refractivity contribution in [3.63, 3.8) is 0 Å². The Hall–Kier alpha value is -0.610. The van der Waals surface area contributed by atoms with E-state index in [0.717, 1.165) is 25.9 Å². The topological polar surface area (TPSA) is 49.8 Å². The first kappa shape index (κ1) is 12.8. The molecule has 1 heterocycles. The number of aliphatic hydroxyl groups excluding tert-OH is 1. The van der Waals surface area contributed by atoms with Crippen LogP contribution < -0.4 is 0 Å². The number of ether oxygens (including phenoxy) is 1. The molecule has 0 radical (unpaired) electrons. The van der Waals surface area contributed by atoms with Gasteiger partial charge in [-0.15, -0.1) is 0 Å². The summed E-state index contributed by atoms with van der Waals surface area (Å²) in [7, 11) is 0. The van der Waals surface area contributed by atoms with E-state index >= 15 is 0 Å². The first-order valence-electron chi connectivity index (χ1n) is 6.47. The summed E-state index contributed by atoms with van der Waals surface area (Å²) in [5.74, 6) is 0.789. The first-order chi connectivity index (χ1) is 7.85. The van der Waals surface area contributed by atoms with Crippen LogP contribution in [0, 0.1) is 11.8 Å². The van der Waals surface area contributed by atoms with Crippen molar-refractivity contribution in [2.45, 2.75) is 45.3 Å². The number of carbonyl (C=O) groups is 1. The predicted molar refractivity (Wildman–Crippen MR) is 64.5 cm³/mol. The molecule has 4 heteroatoms. The van der Waals surface area contributed by atoms with E-state index in [0.29, 0.717) is 18.4 Å². The van der Waals surface area contributed by atoms with Gasteiger partial charge in [-0.2, -0.15) is 0 Å². The Balaban J connectivity index is 1.80. The van der Waals surface area contributed by atoms with E-state index < -0.39 is 5.60 Å². The molecule has 1 aliphatic heterocycles. The van der Waals surface area contributed by atoms with E-state index in [2.05, 4.69) is 4.90 Å². The molecule has 0 spiro atoms. The summed E-state index contributed by atoms with van der Waals surface area (Å²) in [4.78, 5) is 13.8. The van der Waals surface area contributed by atoms with Crippen LogP contribution in [0.25, 0.3) is 0 Å². The van der Waals surface area contributed by atoms with Gasteiger partial charge in [0, 0.05) is 19.0 Å². The SMILES string of the molecule is CC(C)(C)OC(=O)CN1CC2CCC(O)C2C1. The van der Waals surface area contributed by atoms with Gasteiger partial charge in [0.2, 0.25) is 0 Å². The number of nitrogens with zero attached hydrogens (tertiary/aromatic N) is 1. The summed E-state index contributed by atoms with van der Waals surface area (Å²) in [5.41, 5.74) is -0.411. The van der Waals surface area contributed by atoms with Crippen molar-refractivity contribution >= 4 is 5.97 Å². The van der Waals surface area contributed by atoms with Gasteiger partial charge < -0.3 is 9.84 Å². The lowest BCUT2D eigenvalue weighted by atomic mass is 10.00. The minimum atomic E-state index is -0.411. The molecule has 2 fully saturated rings. The Morgan fingerprint density at radius 3 is 2.65 bits per heavy atom. The van der Waals surface area contributed by atoms with Crippen LogP contribution in [0.4, 0.5) is 0 Å². The van der Waals surface area contributed by atoms with E-state index in [4.69, 9.17) is 4.74 Å². The minimum absolute atomic E-state index is 0.160. The average Bonchev–Trinajstić information content (AvgIpc) is 2.65. The fourth-order valence-electron chi connectivity index (χ4n) is 3.01. The van der Waals surface area contributed by atoms with Gasteiger partial charge in [-0.3, -0.25) is 9.69 Å². The Bertz CT molecular complexity index is 298. The molecule has 3 atom stereocenters. The van der Waals surface area contributed by atoms with Crippen LogP contribution in [0.5, 0.6) is 0 Å². The number of hydrogen-bond acceptors (Lipinski definition) is 4. The Morgan fingerprint density at radius 2 is 2.06 bits per heavy atom. The second kappa shape index (κ2) is 4.58. The van der Waals surface area contributed by atoms with E-state index in [9.17, 15) is 9.90 Å². The van der Waals surface area contributed by atoms with Crippen molar-refractivity contribution in [1.82, 2.24) is 4.90 Å². The van der Waals surface area contributed by atoms with Gasteiger partial charge >= 0.3 is 5.97 Å². The highest BCUT2D eigenvalue weighted by atomic mass is 16.6. The number of esters is 1. The number of carbonyl (C=O) groups excluding carboxylic acids is 1. The van der Waals surface area contributed by atoms with Crippen LogP contribution in [0.3, 0.4) is 0 Å². The molecule has 1 saturated carbocycles. The third kappa shape index (κ3) is 3.19. The van der Waals surface area contributed by atoms with Crippen molar-refractivity contribution in [1.29, 1.82) is 0 Å². The molecule has 0 aromatic rings. The molecule has 0 aromatic carbocycles. The maximum atomic E-state index is 11.7. The highest BCUT2D eigenvalue weighted by Gasteiger charge is 2.42. The summed E-state index contributed by atoms with van der Waals surface area (Å²) >= 11 is 0. The largest absolute Gasteiger partial charge is 0.459 e. The number of hydrogen-bond donors (Lipinski definition) is 1. The van der Waals surface area contributed by atoms with Gasteiger partial charge in [-0.25, -0.2) is 0 Å². The van der Waals surface area contributed by atoms with Crippen LogP contribution in [-0.4, -0.2) is 47.3 Å². The standard InChI is InChI=1S/C13H23NO3/c1-13(2,3)17-12(16)8-14-6-9-4-5-11(15)10(9)7-14/h9-11,15H,4-8H2,1-3H3. The van der Waals surface area contributed by atoms with Gasteiger partial charge in [0.15, 0.2) is 0 Å². The minimum Gasteiger partial charge on any atom is -0.459 e. The highest BCUT2D eigenvalue weighted by Crippen LogP contribution is 2.37. The fraction of sp³-hybridized carbons (Fsp3) is 0.923. The Kier molecular flexibility index (Phi) is 3.46. The van der Waals surface area contributed by atoms with Crippen molar-refractivity contribution in [2.24, 2.45) is 11.8 Å². The maximum Gasteiger partial charge on any atom is 0.320 e. The van der Waals surface area contributed by atoms with E-state index in [1.165, 1.54) is 0 Å². The molecule has 0 aromatic heterocycles. The molecule has 98 valence electrons. The molecule has 2 aliphatic rings. The van der Waals surface area contributed by atoms with Gasteiger partial charge in [0.25, 0.3) is 0 Å². The maximum absolute atomic E-state index is 11.7. The molecule has 0 bridgehead atoms. The van der Waals surface area contributed by atoms with Gasteiger partial charge in [0.05, 0.1) is 12.6 Å². The van der Waals surface area contributed by atoms with Crippen LogP contribution in [0.1, 0.15) is 33.6 Å². The third-order valence-electron chi connectivity index (χ3n) is 3.67. The summed E-state index contributed by atoms with van der Waals surface area (Å²) < 4.78 is 5.31. The molecule has 2 rings (SSSR count). The number of rotatable bonds is 2. The zero-order chi connectivity index (χ0) is 12.6. The quantitative estimate of drug-likeness (QED) is 0.734. The lowest BCUT2D eigenvalue weighted by Gasteiger charge is -2.22. The first-order valence-corrected chi connectivity index (χ1v) is 6.47. The van der Waals surface area contributed by atoms with Gasteiger partial charge in [-0.1, -0.05) is 0 Å². The predicted octanol–water partition coefficient (Wildman–Crippen LogP) is 1.03. The second-order valence-electron chi connectivity index (χ2n) is 6.35. The van der Waals surface area contributed by atoms with Crippen molar-refractivity contribution in [2.75, 3.05) is 19.6 Å². The summed E-state index contributed by atoms with van der Waals surface area (Å²) in [6.07, 6.45) is 1.86. The molecule has 4 nitrogen and oxygen atoms in total. The second-order valence-corrected chi connectivity index (χ2v) is 6.35. The zero-order valence-electron chi connectivity index (χ0n) is 11.0. The molecule has 0 amide bonds. The van der Waals surface area contributed by atoms with Crippen LogP contribution in [0.15, 0.2) is 0 Å². The fourth-order valence-corrected chi connectivity index (χ4v) is 3.01. The molecule has 1 N–H and O–H groups in total. The Morgan fingerprint density at radius 1 is 1.35 bits per heavy atom. The Labute approximate surface area is 103 Å². The molecule has 1 aliphatic carbocycles. The normalized spacial score (nSPS) is 33.8. The van der Waals surface area contributed by atoms with Crippen molar-refractivity contribution in [3.8, 4) is 0 Å². The molecule has 17 heavy (non-hydrogen) atoms. The third-order valence-corrected chi connectivity index (χ3v) is 3.67. The van der Waals surface area contributed by atoms with Crippen molar-refractivity contribution < 1.29 is 14.6 Å². The lowest BCUT2D eigenvalue weighted by Crippen LogP contribution is -2.34. The number of fused-ring (bicyclic) bond motifs is 1. The molecular formula is C13H23NO3. The molecular weight excluding hydrogens is 218 g/mol. The molecule has 1 saturated heterocycles. The molecule has 3 unspecified atom stereocenters. The van der Waals surface area contributed by atoms with E-state index in [1.807, 2.05) is 20.8 Å².